The Kier molecular flexibility index (Phi) is 2.20. The van der Waals surface area contributed by atoms with E-state index in [-0.39, 0.29) is 5.41 Å². The fourth-order valence-corrected chi connectivity index (χ4v) is 3.77. The maximum Gasteiger partial charge on any atom is 0.194 e. The van der Waals surface area contributed by atoms with E-state index in [1.165, 1.54) is 17.0 Å². The summed E-state index contributed by atoms with van der Waals surface area (Å²) in [6.07, 6.45) is 4.40. The largest absolute Gasteiger partial charge is 0.296 e. The second kappa shape index (κ2) is 3.42. The average molecular weight is 248 g/mol. The number of carbonyl (C=O) groups excluding carboxylic acids is 1. The molecule has 0 radical (unpaired) electrons. The minimum absolute atomic E-state index is 0.0759. The van der Waals surface area contributed by atoms with Crippen molar-refractivity contribution in [3.63, 3.8) is 0 Å². The number of hydrogen-bond donors (Lipinski definition) is 0. The van der Waals surface area contributed by atoms with Crippen molar-refractivity contribution in [2.45, 2.75) is 45.4 Å². The molecule has 0 bridgehead atoms. The summed E-state index contributed by atoms with van der Waals surface area (Å²) in [5.74, 6) is 0. The molecule has 2 aromatic rings. The number of carbonyl (C=O) groups is 1. The predicted molar refractivity (Wildman–Crippen MR) is 69.2 cm³/mol. The zero-order valence-electron chi connectivity index (χ0n) is 10.4. The molecular weight excluding hydrogens is 232 g/mol. The molecule has 0 aromatic carbocycles. The molecule has 1 aliphatic carbocycles. The van der Waals surface area contributed by atoms with Gasteiger partial charge in [-0.15, -0.1) is 11.3 Å². The molecule has 1 aliphatic rings. The Morgan fingerprint density at radius 2 is 2.12 bits per heavy atom. The number of aldehydes is 1. The standard InChI is InChI=1S/C13H16N2OS/c1-13(2,3)11-9(7-16)15-8-5-4-6-10(8)17-12(15)14-11/h7H,4-6H2,1-3H3. The van der Waals surface area contributed by atoms with E-state index >= 15 is 0 Å². The summed E-state index contributed by atoms with van der Waals surface area (Å²) < 4.78 is 2.08. The maximum absolute atomic E-state index is 11.4. The molecule has 0 aliphatic heterocycles. The van der Waals surface area contributed by atoms with Crippen molar-refractivity contribution in [2.75, 3.05) is 0 Å². The van der Waals surface area contributed by atoms with Crippen molar-refractivity contribution >= 4 is 22.6 Å². The Bertz CT molecular complexity index is 601. The highest BCUT2D eigenvalue weighted by atomic mass is 32.1. The van der Waals surface area contributed by atoms with Gasteiger partial charge in [-0.05, 0) is 19.3 Å². The normalized spacial score (nSPS) is 15.5. The van der Waals surface area contributed by atoms with Crippen LogP contribution in [0.4, 0.5) is 0 Å². The van der Waals surface area contributed by atoms with Crippen LogP contribution >= 0.6 is 11.3 Å². The van der Waals surface area contributed by atoms with Crippen LogP contribution in [-0.4, -0.2) is 15.7 Å². The van der Waals surface area contributed by atoms with Crippen LogP contribution in [-0.2, 0) is 18.3 Å². The third kappa shape index (κ3) is 1.47. The lowest BCUT2D eigenvalue weighted by Crippen LogP contribution is -2.15. The molecule has 2 heterocycles. The Balaban J connectivity index is 2.34. The summed E-state index contributed by atoms with van der Waals surface area (Å²) in [6, 6.07) is 0. The molecule has 17 heavy (non-hydrogen) atoms. The van der Waals surface area contributed by atoms with Gasteiger partial charge in [0.05, 0.1) is 5.69 Å². The molecule has 0 amide bonds. The first-order valence-corrected chi connectivity index (χ1v) is 6.82. The van der Waals surface area contributed by atoms with Crippen LogP contribution in [0.1, 0.15) is 53.9 Å². The van der Waals surface area contributed by atoms with Gasteiger partial charge in [0.25, 0.3) is 0 Å². The van der Waals surface area contributed by atoms with Crippen molar-refractivity contribution in [1.29, 1.82) is 0 Å². The molecule has 0 saturated heterocycles. The van der Waals surface area contributed by atoms with Gasteiger partial charge in [0.1, 0.15) is 5.69 Å². The number of hydrogen-bond acceptors (Lipinski definition) is 3. The SMILES string of the molecule is CC(C)(C)c1nc2sc3c(n2c1C=O)CCC3. The van der Waals surface area contributed by atoms with E-state index in [1.807, 2.05) is 0 Å². The van der Waals surface area contributed by atoms with Gasteiger partial charge in [0, 0.05) is 16.0 Å². The van der Waals surface area contributed by atoms with Gasteiger partial charge in [0.2, 0.25) is 0 Å². The van der Waals surface area contributed by atoms with Crippen LogP contribution in [0, 0.1) is 0 Å². The van der Waals surface area contributed by atoms with Crippen LogP contribution in [0.15, 0.2) is 0 Å². The summed E-state index contributed by atoms with van der Waals surface area (Å²) in [4.78, 5) is 18.5. The van der Waals surface area contributed by atoms with E-state index < -0.39 is 0 Å². The lowest BCUT2D eigenvalue weighted by atomic mass is 9.91. The number of nitrogens with zero attached hydrogens (tertiary/aromatic N) is 2. The highest BCUT2D eigenvalue weighted by Gasteiger charge is 2.28. The molecule has 0 N–H and O–H groups in total. The highest BCUT2D eigenvalue weighted by Crippen LogP contribution is 2.35. The number of imidazole rings is 1. The summed E-state index contributed by atoms with van der Waals surface area (Å²) in [5.41, 5.74) is 2.92. The van der Waals surface area contributed by atoms with Crippen LogP contribution in [0.25, 0.3) is 4.96 Å². The smallest absolute Gasteiger partial charge is 0.194 e. The van der Waals surface area contributed by atoms with Gasteiger partial charge in [-0.25, -0.2) is 4.98 Å². The lowest BCUT2D eigenvalue weighted by Gasteiger charge is -2.15. The van der Waals surface area contributed by atoms with E-state index in [1.54, 1.807) is 11.3 Å². The molecule has 3 nitrogen and oxygen atoms in total. The Labute approximate surface area is 104 Å². The number of rotatable bonds is 1. The third-order valence-corrected chi connectivity index (χ3v) is 4.47. The van der Waals surface area contributed by atoms with E-state index in [4.69, 9.17) is 0 Å². The first kappa shape index (κ1) is 11.0. The molecule has 90 valence electrons. The van der Waals surface area contributed by atoms with Crippen molar-refractivity contribution < 1.29 is 4.79 Å². The monoisotopic (exact) mass is 248 g/mol. The van der Waals surface area contributed by atoms with Gasteiger partial charge in [-0.1, -0.05) is 20.8 Å². The molecule has 0 unspecified atom stereocenters. The molecule has 2 aromatic heterocycles. The van der Waals surface area contributed by atoms with Gasteiger partial charge >= 0.3 is 0 Å². The van der Waals surface area contributed by atoms with Crippen molar-refractivity contribution in [2.24, 2.45) is 0 Å². The molecule has 0 fully saturated rings. The number of aromatic nitrogens is 2. The number of aryl methyl sites for hydroxylation is 2. The minimum Gasteiger partial charge on any atom is -0.296 e. The van der Waals surface area contributed by atoms with Crippen LogP contribution < -0.4 is 0 Å². The van der Waals surface area contributed by atoms with Crippen LogP contribution in [0.2, 0.25) is 0 Å². The van der Waals surface area contributed by atoms with Gasteiger partial charge in [0.15, 0.2) is 11.2 Å². The van der Waals surface area contributed by atoms with Crippen LogP contribution in [0.5, 0.6) is 0 Å². The fourth-order valence-electron chi connectivity index (χ4n) is 2.56. The fraction of sp³-hybridized carbons (Fsp3) is 0.538. The molecule has 3 rings (SSSR count). The highest BCUT2D eigenvalue weighted by molar-refractivity contribution is 7.17. The molecule has 4 heteroatoms. The summed E-state index contributed by atoms with van der Waals surface area (Å²) >= 11 is 1.75. The number of thiazole rings is 1. The molecule has 0 saturated carbocycles. The van der Waals surface area contributed by atoms with E-state index in [2.05, 4.69) is 30.2 Å². The van der Waals surface area contributed by atoms with Crippen molar-refractivity contribution in [3.8, 4) is 0 Å². The van der Waals surface area contributed by atoms with E-state index in [0.717, 1.165) is 35.5 Å². The summed E-state index contributed by atoms with van der Waals surface area (Å²) in [6.45, 7) is 6.31. The van der Waals surface area contributed by atoms with Crippen molar-refractivity contribution in [3.05, 3.63) is 22.0 Å². The zero-order chi connectivity index (χ0) is 12.2. The quantitative estimate of drug-likeness (QED) is 0.727. The first-order valence-electron chi connectivity index (χ1n) is 6.01. The Morgan fingerprint density at radius 3 is 2.76 bits per heavy atom. The predicted octanol–water partition coefficient (Wildman–Crippen LogP) is 2.99. The Morgan fingerprint density at radius 1 is 1.35 bits per heavy atom. The van der Waals surface area contributed by atoms with Crippen molar-refractivity contribution in [1.82, 2.24) is 9.38 Å². The molecular formula is C13H16N2OS. The third-order valence-electron chi connectivity index (χ3n) is 3.33. The maximum atomic E-state index is 11.4. The number of fused-ring (bicyclic) bond motifs is 3. The van der Waals surface area contributed by atoms with Gasteiger partial charge in [-0.2, -0.15) is 0 Å². The second-order valence-corrected chi connectivity index (χ2v) is 6.72. The van der Waals surface area contributed by atoms with Crippen LogP contribution in [0.3, 0.4) is 0 Å². The average Bonchev–Trinajstić information content (AvgIpc) is 2.83. The Hall–Kier alpha value is -1.16. The topological polar surface area (TPSA) is 34.4 Å². The van der Waals surface area contributed by atoms with E-state index in [9.17, 15) is 4.79 Å². The minimum atomic E-state index is -0.0759. The second-order valence-electron chi connectivity index (χ2n) is 5.66. The first-order chi connectivity index (χ1) is 8.02. The van der Waals surface area contributed by atoms with Gasteiger partial charge < -0.3 is 0 Å². The zero-order valence-corrected chi connectivity index (χ0v) is 11.2. The summed E-state index contributed by atoms with van der Waals surface area (Å²) in [7, 11) is 0. The lowest BCUT2D eigenvalue weighted by molar-refractivity contribution is 0.111. The molecule has 0 atom stereocenters. The molecule has 0 spiro atoms. The van der Waals surface area contributed by atoms with Gasteiger partial charge in [-0.3, -0.25) is 9.20 Å². The van der Waals surface area contributed by atoms with E-state index in [0.29, 0.717) is 0 Å². The summed E-state index contributed by atoms with van der Waals surface area (Å²) in [5, 5.41) is 0.